The summed E-state index contributed by atoms with van der Waals surface area (Å²) in [4.78, 5) is 12.4. The van der Waals surface area contributed by atoms with Crippen molar-refractivity contribution in [3.63, 3.8) is 0 Å². The molecule has 2 heterocycles. The van der Waals surface area contributed by atoms with Gasteiger partial charge in [0.15, 0.2) is 5.65 Å². The van der Waals surface area contributed by atoms with Gasteiger partial charge in [-0.15, -0.1) is 5.10 Å². The highest BCUT2D eigenvalue weighted by Crippen LogP contribution is 2.33. The topological polar surface area (TPSA) is 85.0 Å². The minimum atomic E-state index is -4.42. The zero-order chi connectivity index (χ0) is 21.6. The van der Waals surface area contributed by atoms with E-state index in [2.05, 4.69) is 15.6 Å². The summed E-state index contributed by atoms with van der Waals surface area (Å²) in [6, 6.07) is 9.41. The van der Waals surface area contributed by atoms with Crippen molar-refractivity contribution in [1.82, 2.24) is 24.9 Å². The van der Waals surface area contributed by atoms with Crippen LogP contribution in [0, 0.1) is 0 Å². The van der Waals surface area contributed by atoms with Crippen molar-refractivity contribution < 1.29 is 23.1 Å². The molecule has 1 amide bonds. The number of hydrogen-bond donors (Lipinski definition) is 2. The number of benzene rings is 2. The first-order valence-electron chi connectivity index (χ1n) is 9.14. The molecule has 0 saturated heterocycles. The molecule has 10 heteroatoms. The number of aliphatic hydroxyl groups is 1. The molecule has 2 aromatic carbocycles. The summed E-state index contributed by atoms with van der Waals surface area (Å²) >= 11 is 0. The molecule has 0 aliphatic carbocycles. The summed E-state index contributed by atoms with van der Waals surface area (Å²) < 4.78 is 42.1. The number of aromatic nitrogens is 4. The van der Waals surface area contributed by atoms with Crippen LogP contribution < -0.4 is 5.32 Å². The Morgan fingerprint density at radius 3 is 2.53 bits per heavy atom. The van der Waals surface area contributed by atoms with E-state index in [1.54, 1.807) is 36.7 Å². The normalized spacial score (nSPS) is 13.1. The Hall–Kier alpha value is -3.40. The fraction of sp³-hybridized carbons (Fsp3) is 0.250. The molecule has 2 aromatic heterocycles. The third-order valence-electron chi connectivity index (χ3n) is 4.87. The van der Waals surface area contributed by atoms with Crippen molar-refractivity contribution in [2.75, 3.05) is 6.61 Å². The van der Waals surface area contributed by atoms with Crippen LogP contribution in [0.4, 0.5) is 13.2 Å². The monoisotopic (exact) mass is 417 g/mol. The number of nitrogens with zero attached hydrogens (tertiary/aromatic N) is 4. The lowest BCUT2D eigenvalue weighted by Gasteiger charge is -2.12. The number of nitrogens with one attached hydrogen (secondary N) is 1. The third kappa shape index (κ3) is 3.28. The molecule has 0 bridgehead atoms. The molecule has 7 nitrogen and oxygen atoms in total. The lowest BCUT2D eigenvalue weighted by molar-refractivity contribution is -0.137. The summed E-state index contributed by atoms with van der Waals surface area (Å²) in [6.45, 7) is 1.49. The maximum absolute atomic E-state index is 12.9. The molecule has 0 unspecified atom stereocenters. The van der Waals surface area contributed by atoms with Crippen molar-refractivity contribution >= 4 is 28.0 Å². The molecule has 156 valence electrons. The molecule has 0 spiro atoms. The predicted octanol–water partition coefficient (Wildman–Crippen LogP) is 3.04. The Labute approximate surface area is 168 Å². The number of aliphatic hydroxyl groups excluding tert-OH is 1. The van der Waals surface area contributed by atoms with Gasteiger partial charge in [-0.2, -0.15) is 13.2 Å². The van der Waals surface area contributed by atoms with Gasteiger partial charge in [-0.1, -0.05) is 5.21 Å². The van der Waals surface area contributed by atoms with Crippen molar-refractivity contribution in [2.24, 2.45) is 7.05 Å². The summed E-state index contributed by atoms with van der Waals surface area (Å²) in [7, 11) is 1.69. The quantitative estimate of drug-likeness (QED) is 0.535. The number of hydrogen-bond acceptors (Lipinski definition) is 4. The van der Waals surface area contributed by atoms with Crippen LogP contribution in [0.15, 0.2) is 42.5 Å². The maximum atomic E-state index is 12.9. The van der Waals surface area contributed by atoms with Crippen molar-refractivity contribution in [3.05, 3.63) is 53.6 Å². The van der Waals surface area contributed by atoms with E-state index in [4.69, 9.17) is 5.11 Å². The lowest BCUT2D eigenvalue weighted by atomic mass is 10.1. The minimum Gasteiger partial charge on any atom is -0.394 e. The second-order valence-corrected chi connectivity index (χ2v) is 7.05. The second kappa shape index (κ2) is 7.13. The van der Waals surface area contributed by atoms with Gasteiger partial charge in [-0.05, 0) is 49.4 Å². The molecular formula is C20H18F3N5O2. The Morgan fingerprint density at radius 1 is 1.20 bits per heavy atom. The predicted molar refractivity (Wildman–Crippen MR) is 104 cm³/mol. The van der Waals surface area contributed by atoms with E-state index in [9.17, 15) is 18.0 Å². The average molecular weight is 417 g/mol. The molecular weight excluding hydrogens is 399 g/mol. The standard InChI is InChI=1S/C20H18F3N5O2/c1-11(10-29)24-18(30)12-3-8-16-15(9-12)17-19(27(2)26-25-17)28(16)14-6-4-13(5-7-14)20(21,22)23/h3-9,11,29H,10H2,1-2H3,(H,24,30)/t11-/m0/s1. The molecule has 4 rings (SSSR count). The lowest BCUT2D eigenvalue weighted by Crippen LogP contribution is -2.34. The van der Waals surface area contributed by atoms with Crippen LogP contribution >= 0.6 is 0 Å². The number of aryl methyl sites for hydroxylation is 1. The Bertz CT molecular complexity index is 1240. The van der Waals surface area contributed by atoms with Crippen LogP contribution in [0.5, 0.6) is 0 Å². The number of rotatable bonds is 4. The van der Waals surface area contributed by atoms with Gasteiger partial charge in [-0.3, -0.25) is 9.36 Å². The first-order valence-corrected chi connectivity index (χ1v) is 9.14. The molecule has 0 saturated carbocycles. The number of amides is 1. The zero-order valence-electron chi connectivity index (χ0n) is 16.1. The Balaban J connectivity index is 1.87. The first kappa shape index (κ1) is 19.9. The van der Waals surface area contributed by atoms with E-state index in [0.717, 1.165) is 12.1 Å². The smallest absolute Gasteiger partial charge is 0.394 e. The molecule has 0 aliphatic heterocycles. The summed E-state index contributed by atoms with van der Waals surface area (Å²) in [6.07, 6.45) is -4.42. The van der Waals surface area contributed by atoms with Gasteiger partial charge >= 0.3 is 6.18 Å². The number of halogens is 3. The van der Waals surface area contributed by atoms with Crippen molar-refractivity contribution in [2.45, 2.75) is 19.1 Å². The Morgan fingerprint density at radius 2 is 1.90 bits per heavy atom. The van der Waals surface area contributed by atoms with E-state index >= 15 is 0 Å². The fourth-order valence-electron chi connectivity index (χ4n) is 3.37. The van der Waals surface area contributed by atoms with Gasteiger partial charge in [0.25, 0.3) is 5.91 Å². The van der Waals surface area contributed by atoms with Crippen LogP contribution in [0.2, 0.25) is 0 Å². The summed E-state index contributed by atoms with van der Waals surface area (Å²) in [5.74, 6) is -0.349. The van der Waals surface area contributed by atoms with E-state index in [0.29, 0.717) is 33.3 Å². The third-order valence-corrected chi connectivity index (χ3v) is 4.87. The van der Waals surface area contributed by atoms with E-state index in [-0.39, 0.29) is 12.5 Å². The molecule has 0 fully saturated rings. The molecule has 0 radical (unpaired) electrons. The van der Waals surface area contributed by atoms with Gasteiger partial charge < -0.3 is 10.4 Å². The highest BCUT2D eigenvalue weighted by Gasteiger charge is 2.30. The number of alkyl halides is 3. The van der Waals surface area contributed by atoms with E-state index in [1.165, 1.54) is 16.8 Å². The van der Waals surface area contributed by atoms with Crippen LogP contribution in [0.3, 0.4) is 0 Å². The number of fused-ring (bicyclic) bond motifs is 3. The fourth-order valence-corrected chi connectivity index (χ4v) is 3.37. The van der Waals surface area contributed by atoms with Gasteiger partial charge in [-0.25, -0.2) is 4.68 Å². The first-order chi connectivity index (χ1) is 14.2. The van der Waals surface area contributed by atoms with Crippen molar-refractivity contribution in [1.29, 1.82) is 0 Å². The molecule has 0 aliphatic rings. The number of carbonyl (C=O) groups is 1. The molecule has 1 atom stereocenters. The van der Waals surface area contributed by atoms with Gasteiger partial charge in [0.1, 0.15) is 5.52 Å². The van der Waals surface area contributed by atoms with E-state index in [1.807, 2.05) is 0 Å². The summed E-state index contributed by atoms with van der Waals surface area (Å²) in [5.41, 5.74) is 1.94. The molecule has 4 aromatic rings. The highest BCUT2D eigenvalue weighted by atomic mass is 19.4. The van der Waals surface area contributed by atoms with Crippen LogP contribution in [-0.2, 0) is 13.2 Å². The zero-order valence-corrected chi connectivity index (χ0v) is 16.1. The van der Waals surface area contributed by atoms with Gasteiger partial charge in [0, 0.05) is 29.7 Å². The minimum absolute atomic E-state index is 0.188. The molecule has 30 heavy (non-hydrogen) atoms. The van der Waals surface area contributed by atoms with Crippen molar-refractivity contribution in [3.8, 4) is 5.69 Å². The Kier molecular flexibility index (Phi) is 4.73. The van der Waals surface area contributed by atoms with Gasteiger partial charge in [0.2, 0.25) is 0 Å². The average Bonchev–Trinajstić information content (AvgIpc) is 3.24. The van der Waals surface area contributed by atoms with Gasteiger partial charge in [0.05, 0.1) is 17.7 Å². The van der Waals surface area contributed by atoms with Crippen LogP contribution in [0.25, 0.3) is 27.8 Å². The molecule has 2 N–H and O–H groups in total. The maximum Gasteiger partial charge on any atom is 0.416 e. The second-order valence-electron chi connectivity index (χ2n) is 7.05. The highest BCUT2D eigenvalue weighted by molar-refractivity contribution is 6.09. The van der Waals surface area contributed by atoms with Crippen LogP contribution in [0.1, 0.15) is 22.8 Å². The SMILES string of the molecule is C[C@@H](CO)NC(=O)c1ccc2c(c1)c1nnn(C)c1n2-c1ccc(C(F)(F)F)cc1. The largest absolute Gasteiger partial charge is 0.416 e. The summed E-state index contributed by atoms with van der Waals surface area (Å²) in [5, 5.41) is 20.6. The number of carbonyl (C=O) groups excluding carboxylic acids is 1. The van der Waals surface area contributed by atoms with E-state index < -0.39 is 17.8 Å². The van der Waals surface area contributed by atoms with Crippen LogP contribution in [-0.4, -0.2) is 43.2 Å².